The summed E-state index contributed by atoms with van der Waals surface area (Å²) in [5, 5.41) is 72.1. The van der Waals surface area contributed by atoms with Crippen LogP contribution in [0, 0.1) is 0 Å². The Balaban J connectivity index is 2.09. The second-order valence-electron chi connectivity index (χ2n) is 11.2. The summed E-state index contributed by atoms with van der Waals surface area (Å²) in [6.07, 6.45) is -11.4. The van der Waals surface area contributed by atoms with Gasteiger partial charge in [0.05, 0.1) is 25.9 Å². The van der Waals surface area contributed by atoms with Gasteiger partial charge in [0.15, 0.2) is 12.4 Å². The lowest BCUT2D eigenvalue weighted by Crippen LogP contribution is -2.65. The van der Waals surface area contributed by atoms with Gasteiger partial charge in [-0.3, -0.25) is 0 Å². The highest BCUT2D eigenvalue weighted by Gasteiger charge is 2.51. The van der Waals surface area contributed by atoms with Crippen molar-refractivity contribution in [3.8, 4) is 5.75 Å². The van der Waals surface area contributed by atoms with E-state index >= 15 is 0 Å². The van der Waals surface area contributed by atoms with E-state index in [2.05, 4.69) is 0 Å². The number of benzene rings is 1. The summed E-state index contributed by atoms with van der Waals surface area (Å²) in [4.78, 5) is 12.5. The number of hydrogen-bond acceptors (Lipinski definition) is 13. The lowest BCUT2D eigenvalue weighted by atomic mass is 9.96. The smallest absolute Gasteiger partial charge is 0.337 e. The molecule has 10 unspecified atom stereocenters. The molecule has 2 saturated heterocycles. The highest BCUT2D eigenvalue weighted by atomic mass is 16.8. The SMILES string of the molecule is COC(=O)c1cc(CC=C(C)C)c(OC2OC(CO)C(O)C(O)C2OC2OC(CO)C(O)C(O)C2O)c(CC=C(C)C)c1. The molecule has 1 aromatic carbocycles. The standard InChI is InChI=1S/C30H44O13/c1-14(2)6-8-16-10-18(28(38)39-5)11-17(9-7-15(3)4)26(16)42-30-27(24(36)22(34)20(13-32)41-30)43-29-25(37)23(35)21(33)19(12-31)40-29/h6-7,10-11,19-25,27,29-37H,8-9,12-13H2,1-5H3. The van der Waals surface area contributed by atoms with E-state index in [4.69, 9.17) is 23.7 Å². The van der Waals surface area contributed by atoms with Gasteiger partial charge in [-0.2, -0.15) is 0 Å². The topological polar surface area (TPSA) is 205 Å². The van der Waals surface area contributed by atoms with E-state index in [0.717, 1.165) is 11.1 Å². The van der Waals surface area contributed by atoms with Crippen LogP contribution in [0.4, 0.5) is 0 Å². The fourth-order valence-corrected chi connectivity index (χ4v) is 4.82. The van der Waals surface area contributed by atoms with Gasteiger partial charge in [0, 0.05) is 0 Å². The average molecular weight is 613 g/mol. The van der Waals surface area contributed by atoms with Gasteiger partial charge in [0.2, 0.25) is 6.29 Å². The summed E-state index contributed by atoms with van der Waals surface area (Å²) < 4.78 is 28.4. The summed E-state index contributed by atoms with van der Waals surface area (Å²) in [5.41, 5.74) is 3.41. The van der Waals surface area contributed by atoms with Gasteiger partial charge >= 0.3 is 5.97 Å². The molecule has 0 aliphatic carbocycles. The zero-order valence-corrected chi connectivity index (χ0v) is 25.0. The Morgan fingerprint density at radius 3 is 1.72 bits per heavy atom. The summed E-state index contributed by atoms with van der Waals surface area (Å²) >= 11 is 0. The van der Waals surface area contributed by atoms with E-state index in [-0.39, 0.29) is 11.3 Å². The van der Waals surface area contributed by atoms with Gasteiger partial charge < -0.3 is 59.4 Å². The van der Waals surface area contributed by atoms with Crippen LogP contribution in [-0.2, 0) is 31.8 Å². The predicted octanol–water partition coefficient (Wildman–Crippen LogP) is -0.506. The Kier molecular flexibility index (Phi) is 12.7. The summed E-state index contributed by atoms with van der Waals surface area (Å²) in [5.74, 6) is -0.268. The van der Waals surface area contributed by atoms with Crippen LogP contribution in [0.2, 0.25) is 0 Å². The molecule has 1 aromatic rings. The third kappa shape index (κ3) is 8.39. The molecule has 0 spiro atoms. The molecule has 13 nitrogen and oxygen atoms in total. The van der Waals surface area contributed by atoms with E-state index in [1.807, 2.05) is 39.8 Å². The first-order valence-electron chi connectivity index (χ1n) is 14.1. The number of aliphatic hydroxyl groups excluding tert-OH is 7. The molecule has 10 atom stereocenters. The quantitative estimate of drug-likeness (QED) is 0.124. The van der Waals surface area contributed by atoms with Gasteiger partial charge in [0.1, 0.15) is 48.5 Å². The van der Waals surface area contributed by atoms with E-state index < -0.39 is 80.6 Å². The molecule has 2 aliphatic heterocycles. The Bertz CT molecular complexity index is 1100. The second kappa shape index (κ2) is 15.5. The number of ether oxygens (including phenoxy) is 5. The second-order valence-corrected chi connectivity index (χ2v) is 11.2. The molecular weight excluding hydrogens is 568 g/mol. The zero-order valence-electron chi connectivity index (χ0n) is 25.0. The molecule has 2 heterocycles. The van der Waals surface area contributed by atoms with Crippen LogP contribution in [0.1, 0.15) is 49.2 Å². The fraction of sp³-hybridized carbons (Fsp3) is 0.633. The number of aliphatic hydroxyl groups is 7. The van der Waals surface area contributed by atoms with Crippen molar-refractivity contribution in [3.05, 3.63) is 52.1 Å². The lowest BCUT2D eigenvalue weighted by Gasteiger charge is -2.46. The highest BCUT2D eigenvalue weighted by Crippen LogP contribution is 2.35. The minimum Gasteiger partial charge on any atom is -0.465 e. The molecular formula is C30H44O13. The number of rotatable bonds is 11. The fourth-order valence-electron chi connectivity index (χ4n) is 4.82. The third-order valence-corrected chi connectivity index (χ3v) is 7.32. The first-order valence-corrected chi connectivity index (χ1v) is 14.1. The Hall–Kier alpha value is -2.43. The van der Waals surface area contributed by atoms with E-state index in [1.54, 1.807) is 12.1 Å². The monoisotopic (exact) mass is 612 g/mol. The van der Waals surface area contributed by atoms with Crippen molar-refractivity contribution in [2.75, 3.05) is 20.3 Å². The van der Waals surface area contributed by atoms with Crippen LogP contribution in [0.25, 0.3) is 0 Å². The van der Waals surface area contributed by atoms with Crippen molar-refractivity contribution in [1.82, 2.24) is 0 Å². The highest BCUT2D eigenvalue weighted by molar-refractivity contribution is 5.90. The maximum Gasteiger partial charge on any atom is 0.337 e. The minimum absolute atomic E-state index is 0.284. The Labute approximate surface area is 250 Å². The number of esters is 1. The van der Waals surface area contributed by atoms with Crippen molar-refractivity contribution in [1.29, 1.82) is 0 Å². The van der Waals surface area contributed by atoms with Crippen molar-refractivity contribution in [2.24, 2.45) is 0 Å². The summed E-state index contributed by atoms with van der Waals surface area (Å²) in [7, 11) is 1.27. The van der Waals surface area contributed by atoms with Crippen LogP contribution in [0.5, 0.6) is 5.75 Å². The number of allylic oxidation sites excluding steroid dienone is 4. The molecule has 3 rings (SSSR count). The maximum atomic E-state index is 12.5. The first-order chi connectivity index (χ1) is 20.3. The zero-order chi connectivity index (χ0) is 32.0. The van der Waals surface area contributed by atoms with Crippen molar-refractivity contribution in [3.63, 3.8) is 0 Å². The van der Waals surface area contributed by atoms with Gasteiger partial charge in [-0.15, -0.1) is 0 Å². The Morgan fingerprint density at radius 2 is 1.26 bits per heavy atom. The van der Waals surface area contributed by atoms with Gasteiger partial charge in [-0.1, -0.05) is 23.3 Å². The van der Waals surface area contributed by atoms with Crippen LogP contribution >= 0.6 is 0 Å². The molecule has 0 aromatic heterocycles. The van der Waals surface area contributed by atoms with E-state index in [9.17, 15) is 40.5 Å². The number of methoxy groups -OCH3 is 1. The molecule has 2 fully saturated rings. The molecule has 0 bridgehead atoms. The average Bonchev–Trinajstić information content (AvgIpc) is 2.98. The van der Waals surface area contributed by atoms with Crippen molar-refractivity contribution in [2.45, 2.75) is 102 Å². The number of carbonyl (C=O) groups is 1. The summed E-state index contributed by atoms with van der Waals surface area (Å²) in [6.45, 7) is 6.25. The Morgan fingerprint density at radius 1 is 0.767 bits per heavy atom. The van der Waals surface area contributed by atoms with Crippen LogP contribution in [0.3, 0.4) is 0 Å². The van der Waals surface area contributed by atoms with E-state index in [0.29, 0.717) is 24.0 Å². The van der Waals surface area contributed by atoms with Gasteiger partial charge in [-0.25, -0.2) is 4.79 Å². The molecule has 242 valence electrons. The van der Waals surface area contributed by atoms with Crippen molar-refractivity contribution >= 4 is 5.97 Å². The van der Waals surface area contributed by atoms with E-state index in [1.165, 1.54) is 7.11 Å². The molecule has 7 N–H and O–H groups in total. The van der Waals surface area contributed by atoms with Crippen LogP contribution < -0.4 is 4.74 Å². The lowest BCUT2D eigenvalue weighted by molar-refractivity contribution is -0.358. The van der Waals surface area contributed by atoms with Gasteiger partial charge in [0.25, 0.3) is 0 Å². The van der Waals surface area contributed by atoms with Gasteiger partial charge in [-0.05, 0) is 63.8 Å². The minimum atomic E-state index is -1.81. The molecule has 0 amide bonds. The molecule has 43 heavy (non-hydrogen) atoms. The molecule has 0 radical (unpaired) electrons. The number of carbonyl (C=O) groups excluding carboxylic acids is 1. The maximum absolute atomic E-state index is 12.5. The third-order valence-electron chi connectivity index (χ3n) is 7.32. The largest absolute Gasteiger partial charge is 0.465 e. The predicted molar refractivity (Wildman–Crippen MR) is 151 cm³/mol. The summed E-state index contributed by atoms with van der Waals surface area (Å²) in [6, 6.07) is 3.22. The van der Waals surface area contributed by atoms with Crippen LogP contribution in [-0.4, -0.2) is 123 Å². The molecule has 2 aliphatic rings. The first kappa shape index (κ1) is 35.1. The molecule has 13 heteroatoms. The van der Waals surface area contributed by atoms with Crippen LogP contribution in [0.15, 0.2) is 35.4 Å². The number of hydrogen-bond donors (Lipinski definition) is 7. The normalized spacial score (nSPS) is 32.6. The van der Waals surface area contributed by atoms with Crippen molar-refractivity contribution < 1.29 is 64.2 Å². The molecule has 0 saturated carbocycles.